The zero-order chi connectivity index (χ0) is 11.0. The Hall–Kier alpha value is -1.04. The van der Waals surface area contributed by atoms with Crippen LogP contribution in [-0.2, 0) is 11.7 Å². The first kappa shape index (κ1) is 10.5. The van der Waals surface area contributed by atoms with E-state index in [2.05, 4.69) is 4.98 Å². The molecule has 0 radical (unpaired) electrons. The Bertz CT molecular complexity index is 500. The fourth-order valence-corrected chi connectivity index (χ4v) is 1.75. The topological polar surface area (TPSA) is 47.3 Å². The SMILES string of the molecule is COB(O)c1cc2cc(Cl)ncc2n1C. The summed E-state index contributed by atoms with van der Waals surface area (Å²) in [6, 6.07) is 3.58. The lowest BCUT2D eigenvalue weighted by Crippen LogP contribution is -2.36. The van der Waals surface area contributed by atoms with Crippen molar-refractivity contribution in [3.63, 3.8) is 0 Å². The number of pyridine rings is 1. The standard InChI is InChI=1S/C9H10BClN2O2/c1-13-7-5-12-9(11)4-6(7)3-8(13)10(14)15-2/h3-5,14H,1-2H3. The minimum Gasteiger partial charge on any atom is -0.422 e. The number of halogens is 1. The van der Waals surface area contributed by atoms with Crippen LogP contribution < -0.4 is 5.59 Å². The summed E-state index contributed by atoms with van der Waals surface area (Å²) in [6.07, 6.45) is 1.67. The summed E-state index contributed by atoms with van der Waals surface area (Å²) in [5.74, 6) is 0. The molecule has 0 atom stereocenters. The van der Waals surface area contributed by atoms with E-state index in [1.54, 1.807) is 12.3 Å². The summed E-state index contributed by atoms with van der Waals surface area (Å²) in [4.78, 5) is 3.99. The van der Waals surface area contributed by atoms with Gasteiger partial charge in [0.25, 0.3) is 0 Å². The minimum atomic E-state index is -0.929. The number of aromatic nitrogens is 2. The molecule has 0 unspecified atom stereocenters. The van der Waals surface area contributed by atoms with Crippen LogP contribution in [0.2, 0.25) is 5.15 Å². The second kappa shape index (κ2) is 3.85. The molecule has 2 rings (SSSR count). The van der Waals surface area contributed by atoms with Gasteiger partial charge in [0.15, 0.2) is 0 Å². The average Bonchev–Trinajstić information content (AvgIpc) is 2.54. The fraction of sp³-hybridized carbons (Fsp3) is 0.222. The van der Waals surface area contributed by atoms with Gasteiger partial charge in [-0.1, -0.05) is 11.6 Å². The molecule has 4 nitrogen and oxygen atoms in total. The number of hydrogen-bond donors (Lipinski definition) is 1. The van der Waals surface area contributed by atoms with Gasteiger partial charge < -0.3 is 14.2 Å². The Morgan fingerprint density at radius 3 is 2.93 bits per heavy atom. The van der Waals surface area contributed by atoms with Gasteiger partial charge in [-0.25, -0.2) is 4.98 Å². The molecule has 0 aliphatic heterocycles. The summed E-state index contributed by atoms with van der Waals surface area (Å²) in [5.41, 5.74) is 1.59. The van der Waals surface area contributed by atoms with Crippen molar-refractivity contribution >= 4 is 35.2 Å². The monoisotopic (exact) mass is 224 g/mol. The molecule has 0 aliphatic rings. The number of nitrogens with zero attached hydrogens (tertiary/aromatic N) is 2. The molecule has 15 heavy (non-hydrogen) atoms. The Balaban J connectivity index is 2.63. The highest BCUT2D eigenvalue weighted by Crippen LogP contribution is 2.16. The van der Waals surface area contributed by atoms with Crippen LogP contribution >= 0.6 is 11.6 Å². The zero-order valence-corrected chi connectivity index (χ0v) is 9.19. The predicted molar refractivity (Wildman–Crippen MR) is 60.3 cm³/mol. The van der Waals surface area contributed by atoms with Crippen LogP contribution in [0, 0.1) is 0 Å². The molecule has 0 spiro atoms. The summed E-state index contributed by atoms with van der Waals surface area (Å²) in [6.45, 7) is 0. The Labute approximate surface area is 92.6 Å². The molecule has 6 heteroatoms. The highest BCUT2D eigenvalue weighted by atomic mass is 35.5. The molecule has 0 aromatic carbocycles. The molecule has 2 heterocycles. The Morgan fingerprint density at radius 2 is 2.27 bits per heavy atom. The molecule has 0 amide bonds. The number of fused-ring (bicyclic) bond motifs is 1. The highest BCUT2D eigenvalue weighted by Gasteiger charge is 2.20. The molecule has 78 valence electrons. The smallest absolute Gasteiger partial charge is 0.422 e. The van der Waals surface area contributed by atoms with Crippen molar-refractivity contribution in [2.45, 2.75) is 0 Å². The van der Waals surface area contributed by atoms with E-state index in [1.807, 2.05) is 17.7 Å². The minimum absolute atomic E-state index is 0.437. The van der Waals surface area contributed by atoms with E-state index in [0.29, 0.717) is 10.7 Å². The molecule has 0 saturated heterocycles. The van der Waals surface area contributed by atoms with Crippen molar-refractivity contribution in [2.75, 3.05) is 7.11 Å². The molecular weight excluding hydrogens is 214 g/mol. The second-order valence-corrected chi connectivity index (χ2v) is 3.67. The normalized spacial score (nSPS) is 10.9. The molecule has 0 aliphatic carbocycles. The van der Waals surface area contributed by atoms with Gasteiger partial charge in [-0.3, -0.25) is 0 Å². The van der Waals surface area contributed by atoms with Crippen molar-refractivity contribution in [1.29, 1.82) is 0 Å². The molecule has 0 fully saturated rings. The Morgan fingerprint density at radius 1 is 1.53 bits per heavy atom. The first-order valence-electron chi connectivity index (χ1n) is 4.45. The van der Waals surface area contributed by atoms with Gasteiger partial charge in [-0.15, -0.1) is 0 Å². The third kappa shape index (κ3) is 1.74. The van der Waals surface area contributed by atoms with E-state index < -0.39 is 7.12 Å². The molecule has 2 aromatic rings. The first-order chi connectivity index (χ1) is 7.13. The predicted octanol–water partition coefficient (Wildman–Crippen LogP) is 0.561. The van der Waals surface area contributed by atoms with Gasteiger partial charge in [0.1, 0.15) is 5.15 Å². The summed E-state index contributed by atoms with van der Waals surface area (Å²) in [5, 5.41) is 11.0. The van der Waals surface area contributed by atoms with Gasteiger partial charge in [-0.05, 0) is 12.1 Å². The van der Waals surface area contributed by atoms with Gasteiger partial charge >= 0.3 is 7.12 Å². The molecule has 0 saturated carbocycles. The maximum absolute atomic E-state index is 9.58. The lowest BCUT2D eigenvalue weighted by atomic mass is 9.85. The molecule has 0 bridgehead atoms. The number of hydrogen-bond acceptors (Lipinski definition) is 3. The van der Waals surface area contributed by atoms with Gasteiger partial charge in [0.2, 0.25) is 0 Å². The number of aryl methyl sites for hydroxylation is 1. The van der Waals surface area contributed by atoms with Crippen LogP contribution in [0.1, 0.15) is 0 Å². The molecule has 2 aromatic heterocycles. The van der Waals surface area contributed by atoms with E-state index in [0.717, 1.165) is 10.9 Å². The average molecular weight is 224 g/mol. The first-order valence-corrected chi connectivity index (χ1v) is 4.83. The maximum Gasteiger partial charge on any atom is 0.508 e. The van der Waals surface area contributed by atoms with Gasteiger partial charge in [0.05, 0.1) is 11.7 Å². The Kier molecular flexibility index (Phi) is 2.69. The van der Waals surface area contributed by atoms with E-state index in [9.17, 15) is 5.02 Å². The summed E-state index contributed by atoms with van der Waals surface area (Å²) >= 11 is 5.78. The van der Waals surface area contributed by atoms with Gasteiger partial charge in [-0.2, -0.15) is 0 Å². The second-order valence-electron chi connectivity index (χ2n) is 3.28. The third-order valence-electron chi connectivity index (χ3n) is 2.41. The van der Waals surface area contributed by atoms with E-state index >= 15 is 0 Å². The largest absolute Gasteiger partial charge is 0.508 e. The summed E-state index contributed by atoms with van der Waals surface area (Å²) in [7, 11) is 2.37. The number of rotatable bonds is 2. The fourth-order valence-electron chi connectivity index (χ4n) is 1.59. The van der Waals surface area contributed by atoms with Crippen LogP contribution in [0.3, 0.4) is 0 Å². The van der Waals surface area contributed by atoms with Crippen molar-refractivity contribution in [3.05, 3.63) is 23.5 Å². The highest BCUT2D eigenvalue weighted by molar-refractivity contribution is 6.59. The quantitative estimate of drug-likeness (QED) is 0.599. The van der Waals surface area contributed by atoms with Crippen molar-refractivity contribution in [1.82, 2.24) is 9.55 Å². The van der Waals surface area contributed by atoms with Crippen LogP contribution in [0.25, 0.3) is 10.9 Å². The zero-order valence-electron chi connectivity index (χ0n) is 8.44. The molecular formula is C9H10BClN2O2. The maximum atomic E-state index is 9.58. The van der Waals surface area contributed by atoms with Crippen LogP contribution in [0.5, 0.6) is 0 Å². The van der Waals surface area contributed by atoms with E-state index in [4.69, 9.17) is 16.3 Å². The van der Waals surface area contributed by atoms with Gasteiger partial charge in [0, 0.05) is 25.1 Å². The van der Waals surface area contributed by atoms with Crippen LogP contribution in [0.15, 0.2) is 18.3 Å². The van der Waals surface area contributed by atoms with Crippen LogP contribution in [0.4, 0.5) is 0 Å². The van der Waals surface area contributed by atoms with E-state index in [-0.39, 0.29) is 0 Å². The lowest BCUT2D eigenvalue weighted by Gasteiger charge is -2.05. The molecule has 1 N–H and O–H groups in total. The summed E-state index contributed by atoms with van der Waals surface area (Å²) < 4.78 is 6.68. The van der Waals surface area contributed by atoms with Crippen molar-refractivity contribution in [2.24, 2.45) is 7.05 Å². The van der Waals surface area contributed by atoms with Crippen molar-refractivity contribution in [3.8, 4) is 0 Å². The van der Waals surface area contributed by atoms with Crippen molar-refractivity contribution < 1.29 is 9.68 Å². The third-order valence-corrected chi connectivity index (χ3v) is 2.62. The van der Waals surface area contributed by atoms with E-state index in [1.165, 1.54) is 7.11 Å². The van der Waals surface area contributed by atoms with Crippen LogP contribution in [-0.4, -0.2) is 28.8 Å². The lowest BCUT2D eigenvalue weighted by molar-refractivity contribution is 0.339.